The van der Waals surface area contributed by atoms with Crippen LogP contribution in [0.2, 0.25) is 0 Å². The van der Waals surface area contributed by atoms with Gasteiger partial charge in [-0.25, -0.2) is 8.42 Å². The Bertz CT molecular complexity index is 570. The molecule has 1 aromatic carbocycles. The summed E-state index contributed by atoms with van der Waals surface area (Å²) in [5, 5.41) is 0. The molecule has 0 aliphatic carbocycles. The van der Waals surface area contributed by atoms with Gasteiger partial charge in [-0.1, -0.05) is 24.4 Å². The first kappa shape index (κ1) is 18.4. The molecule has 1 rings (SSSR count). The van der Waals surface area contributed by atoms with Gasteiger partial charge in [0, 0.05) is 23.9 Å². The van der Waals surface area contributed by atoms with Gasteiger partial charge in [-0.05, 0) is 32.4 Å². The maximum Gasteiger partial charge on any atom is 0.179 e. The lowest BCUT2D eigenvalue weighted by Crippen LogP contribution is -2.34. The predicted octanol–water partition coefficient (Wildman–Crippen LogP) is 1.78. The Labute approximate surface area is 137 Å². The second kappa shape index (κ2) is 8.12. The van der Waals surface area contributed by atoms with E-state index in [1.165, 1.54) is 0 Å². The number of rotatable bonds is 8. The summed E-state index contributed by atoms with van der Waals surface area (Å²) in [6, 6.07) is 6.78. The standard InChI is InChI=1S/C14H22N2O2S3/c1-11(10-20-3)16(2)8-9-21(17,18)13-6-4-12(5-7-13)14(15)19/h4-7,11H,8-10H2,1-3H3,(H2,15,19). The molecule has 0 bridgehead atoms. The first-order valence-corrected chi connectivity index (χ1v) is 10.0. The van der Waals surface area contributed by atoms with Crippen LogP contribution in [-0.2, 0) is 9.84 Å². The molecule has 1 atom stereocenters. The van der Waals surface area contributed by atoms with E-state index in [4.69, 9.17) is 18.0 Å². The van der Waals surface area contributed by atoms with Gasteiger partial charge >= 0.3 is 0 Å². The Balaban J connectivity index is 2.71. The third-order valence-corrected chi connectivity index (χ3v) is 6.13. The SMILES string of the molecule is CSCC(C)N(C)CCS(=O)(=O)c1ccc(C(N)=S)cc1. The molecule has 118 valence electrons. The minimum absolute atomic E-state index is 0.106. The maximum absolute atomic E-state index is 12.3. The van der Waals surface area contributed by atoms with Crippen LogP contribution in [0.5, 0.6) is 0 Å². The van der Waals surface area contributed by atoms with E-state index in [1.807, 2.05) is 13.3 Å². The van der Waals surface area contributed by atoms with Gasteiger partial charge in [0.1, 0.15) is 4.99 Å². The van der Waals surface area contributed by atoms with E-state index >= 15 is 0 Å². The van der Waals surface area contributed by atoms with Crippen LogP contribution in [0.4, 0.5) is 0 Å². The molecule has 4 nitrogen and oxygen atoms in total. The normalized spacial score (nSPS) is 13.3. The monoisotopic (exact) mass is 346 g/mol. The van der Waals surface area contributed by atoms with Gasteiger partial charge in [0.2, 0.25) is 0 Å². The molecular weight excluding hydrogens is 324 g/mol. The van der Waals surface area contributed by atoms with Crippen molar-refractivity contribution in [2.75, 3.05) is 31.4 Å². The maximum atomic E-state index is 12.3. The molecule has 7 heteroatoms. The van der Waals surface area contributed by atoms with Crippen LogP contribution in [0.3, 0.4) is 0 Å². The van der Waals surface area contributed by atoms with E-state index in [9.17, 15) is 8.42 Å². The number of nitrogens with zero attached hydrogens (tertiary/aromatic N) is 1. The van der Waals surface area contributed by atoms with E-state index in [0.29, 0.717) is 23.0 Å². The predicted molar refractivity (Wildman–Crippen MR) is 94.9 cm³/mol. The molecule has 0 amide bonds. The van der Waals surface area contributed by atoms with Crippen LogP contribution in [0.25, 0.3) is 0 Å². The number of sulfone groups is 1. The van der Waals surface area contributed by atoms with Crippen LogP contribution >= 0.6 is 24.0 Å². The minimum Gasteiger partial charge on any atom is -0.389 e. The Morgan fingerprint density at radius 2 is 1.95 bits per heavy atom. The molecule has 0 saturated heterocycles. The molecule has 0 fully saturated rings. The third-order valence-electron chi connectivity index (χ3n) is 3.37. The number of thiocarbonyl (C=S) groups is 1. The van der Waals surface area contributed by atoms with E-state index < -0.39 is 9.84 Å². The van der Waals surface area contributed by atoms with Crippen LogP contribution in [-0.4, -0.2) is 55.7 Å². The first-order valence-electron chi connectivity index (χ1n) is 6.59. The van der Waals surface area contributed by atoms with Gasteiger partial charge in [-0.15, -0.1) is 0 Å². The smallest absolute Gasteiger partial charge is 0.179 e. The van der Waals surface area contributed by atoms with Crippen LogP contribution < -0.4 is 5.73 Å². The average Bonchev–Trinajstić information content (AvgIpc) is 2.45. The zero-order chi connectivity index (χ0) is 16.0. The van der Waals surface area contributed by atoms with Crippen molar-refractivity contribution in [3.8, 4) is 0 Å². The topological polar surface area (TPSA) is 63.4 Å². The van der Waals surface area contributed by atoms with Gasteiger partial charge in [0.25, 0.3) is 0 Å². The summed E-state index contributed by atoms with van der Waals surface area (Å²) in [5.41, 5.74) is 6.18. The Kier molecular flexibility index (Phi) is 7.12. The first-order chi connectivity index (χ1) is 9.77. The van der Waals surface area contributed by atoms with Crippen molar-refractivity contribution >= 4 is 38.8 Å². The summed E-state index contributed by atoms with van der Waals surface area (Å²) in [4.78, 5) is 2.65. The zero-order valence-electron chi connectivity index (χ0n) is 12.6. The fourth-order valence-electron chi connectivity index (χ4n) is 1.80. The Morgan fingerprint density at radius 1 is 1.38 bits per heavy atom. The second-order valence-electron chi connectivity index (χ2n) is 4.99. The van der Waals surface area contributed by atoms with Crippen molar-refractivity contribution in [3.05, 3.63) is 29.8 Å². The molecule has 0 spiro atoms. The third kappa shape index (κ3) is 5.58. The van der Waals surface area contributed by atoms with Crippen LogP contribution in [0, 0.1) is 0 Å². The quantitative estimate of drug-likeness (QED) is 0.724. The Morgan fingerprint density at radius 3 is 2.43 bits per heavy atom. The molecule has 0 aliphatic rings. The van der Waals surface area contributed by atoms with Gasteiger partial charge in [-0.3, -0.25) is 0 Å². The largest absolute Gasteiger partial charge is 0.389 e. The zero-order valence-corrected chi connectivity index (χ0v) is 15.0. The van der Waals surface area contributed by atoms with Gasteiger partial charge in [-0.2, -0.15) is 11.8 Å². The summed E-state index contributed by atoms with van der Waals surface area (Å²) in [6.45, 7) is 2.61. The highest BCUT2D eigenvalue weighted by Gasteiger charge is 2.17. The molecule has 0 radical (unpaired) electrons. The molecule has 2 N–H and O–H groups in total. The summed E-state index contributed by atoms with van der Waals surface area (Å²) < 4.78 is 24.6. The number of nitrogens with two attached hydrogens (primary N) is 1. The van der Waals surface area contributed by atoms with Crippen molar-refractivity contribution in [2.45, 2.75) is 17.9 Å². The van der Waals surface area contributed by atoms with Crippen molar-refractivity contribution in [1.82, 2.24) is 4.90 Å². The van der Waals surface area contributed by atoms with Crippen LogP contribution in [0.15, 0.2) is 29.2 Å². The summed E-state index contributed by atoms with van der Waals surface area (Å²) in [5.74, 6) is 1.09. The average molecular weight is 347 g/mol. The fraction of sp³-hybridized carbons (Fsp3) is 0.500. The fourth-order valence-corrected chi connectivity index (χ4v) is 3.99. The van der Waals surface area contributed by atoms with E-state index in [2.05, 4.69) is 11.8 Å². The van der Waals surface area contributed by atoms with Gasteiger partial charge < -0.3 is 10.6 Å². The lowest BCUT2D eigenvalue weighted by atomic mass is 10.2. The number of benzene rings is 1. The molecule has 21 heavy (non-hydrogen) atoms. The van der Waals surface area contributed by atoms with E-state index in [1.54, 1.807) is 36.0 Å². The summed E-state index contributed by atoms with van der Waals surface area (Å²) in [7, 11) is -1.33. The molecule has 0 heterocycles. The number of hydrogen-bond donors (Lipinski definition) is 1. The molecular formula is C14H22N2O2S3. The van der Waals surface area contributed by atoms with Gasteiger partial charge in [0.05, 0.1) is 10.6 Å². The molecule has 1 aromatic rings. The lowest BCUT2D eigenvalue weighted by Gasteiger charge is -2.23. The van der Waals surface area contributed by atoms with Crippen molar-refractivity contribution in [3.63, 3.8) is 0 Å². The van der Waals surface area contributed by atoms with Crippen molar-refractivity contribution in [1.29, 1.82) is 0 Å². The van der Waals surface area contributed by atoms with Gasteiger partial charge in [0.15, 0.2) is 9.84 Å². The minimum atomic E-state index is -3.28. The highest BCUT2D eigenvalue weighted by Crippen LogP contribution is 2.13. The number of hydrogen-bond acceptors (Lipinski definition) is 5. The highest BCUT2D eigenvalue weighted by molar-refractivity contribution is 7.98. The van der Waals surface area contributed by atoms with E-state index in [0.717, 1.165) is 5.75 Å². The summed E-state index contributed by atoms with van der Waals surface area (Å²) in [6.07, 6.45) is 2.05. The summed E-state index contributed by atoms with van der Waals surface area (Å²) >= 11 is 6.61. The van der Waals surface area contributed by atoms with Crippen molar-refractivity contribution in [2.24, 2.45) is 5.73 Å². The Hall–Kier alpha value is -0.630. The number of thioether (sulfide) groups is 1. The molecule has 0 aliphatic heterocycles. The lowest BCUT2D eigenvalue weighted by molar-refractivity contribution is 0.294. The second-order valence-corrected chi connectivity index (χ2v) is 8.45. The van der Waals surface area contributed by atoms with Crippen molar-refractivity contribution < 1.29 is 8.42 Å². The molecule has 0 aromatic heterocycles. The molecule has 0 saturated carbocycles. The molecule has 1 unspecified atom stereocenters. The highest BCUT2D eigenvalue weighted by atomic mass is 32.2. The van der Waals surface area contributed by atoms with Crippen LogP contribution in [0.1, 0.15) is 12.5 Å². The van der Waals surface area contributed by atoms with E-state index in [-0.39, 0.29) is 10.7 Å².